The summed E-state index contributed by atoms with van der Waals surface area (Å²) in [5, 5.41) is 7.59. The molecular weight excluding hydrogens is 266 g/mol. The van der Waals surface area contributed by atoms with Gasteiger partial charge in [0.25, 0.3) is 5.56 Å². The van der Waals surface area contributed by atoms with Crippen LogP contribution >= 0.6 is 0 Å². The zero-order valence-electron chi connectivity index (χ0n) is 12.0. The van der Waals surface area contributed by atoms with E-state index >= 15 is 0 Å². The van der Waals surface area contributed by atoms with E-state index in [4.69, 9.17) is 5.73 Å². The minimum atomic E-state index is -0.162. The van der Waals surface area contributed by atoms with Crippen molar-refractivity contribution in [1.29, 1.82) is 0 Å². The van der Waals surface area contributed by atoms with Gasteiger partial charge in [-0.05, 0) is 44.4 Å². The molecule has 0 unspecified atom stereocenters. The minimum absolute atomic E-state index is 0.162. The summed E-state index contributed by atoms with van der Waals surface area (Å²) >= 11 is 0. The van der Waals surface area contributed by atoms with Crippen LogP contribution in [0, 0.1) is 6.92 Å². The summed E-state index contributed by atoms with van der Waals surface area (Å²) in [6.45, 7) is 1.85. The van der Waals surface area contributed by atoms with Gasteiger partial charge in [0.15, 0.2) is 0 Å². The van der Waals surface area contributed by atoms with Crippen LogP contribution in [0.2, 0.25) is 0 Å². The van der Waals surface area contributed by atoms with Crippen molar-refractivity contribution in [2.45, 2.75) is 38.3 Å². The monoisotopic (exact) mass is 285 g/mol. The molecule has 2 heterocycles. The predicted molar refractivity (Wildman–Crippen MR) is 81.6 cm³/mol. The van der Waals surface area contributed by atoms with Crippen LogP contribution in [0.5, 0.6) is 0 Å². The molecule has 3 N–H and O–H groups in total. The van der Waals surface area contributed by atoms with E-state index in [1.165, 1.54) is 10.7 Å². The van der Waals surface area contributed by atoms with E-state index in [1.807, 2.05) is 19.1 Å². The van der Waals surface area contributed by atoms with Crippen molar-refractivity contribution in [2.75, 3.05) is 5.32 Å². The lowest BCUT2D eigenvalue weighted by molar-refractivity contribution is 0.686. The zero-order chi connectivity index (χ0) is 14.8. The SMILES string of the molecule is Cc1ccc(=O)n(-c2ccc(N[C@H]3CC[C@H](N)C3)nc2)n1. The third-order valence-corrected chi connectivity index (χ3v) is 3.75. The van der Waals surface area contributed by atoms with Crippen molar-refractivity contribution < 1.29 is 0 Å². The van der Waals surface area contributed by atoms with Crippen LogP contribution in [-0.4, -0.2) is 26.8 Å². The van der Waals surface area contributed by atoms with Crippen LogP contribution in [0.4, 0.5) is 5.82 Å². The van der Waals surface area contributed by atoms with Crippen molar-refractivity contribution in [3.8, 4) is 5.69 Å². The molecule has 2 aromatic rings. The van der Waals surface area contributed by atoms with Gasteiger partial charge in [-0.3, -0.25) is 4.79 Å². The average Bonchev–Trinajstić information content (AvgIpc) is 2.88. The standard InChI is InChI=1S/C15H19N5O/c1-10-2-7-15(21)20(19-10)13-5-6-14(17-9-13)18-12-4-3-11(16)8-12/h2,5-7,9,11-12H,3-4,8,16H2,1H3,(H,17,18)/t11-,12-/m0/s1. The van der Waals surface area contributed by atoms with Gasteiger partial charge in [-0.1, -0.05) is 0 Å². The second-order valence-corrected chi connectivity index (χ2v) is 5.54. The molecule has 0 aromatic carbocycles. The largest absolute Gasteiger partial charge is 0.367 e. The van der Waals surface area contributed by atoms with Gasteiger partial charge >= 0.3 is 0 Å². The molecule has 0 aliphatic heterocycles. The van der Waals surface area contributed by atoms with Crippen molar-refractivity contribution in [3.05, 3.63) is 46.5 Å². The first-order chi connectivity index (χ1) is 10.1. The molecule has 110 valence electrons. The quantitative estimate of drug-likeness (QED) is 0.886. The molecule has 1 aliphatic carbocycles. The van der Waals surface area contributed by atoms with Gasteiger partial charge < -0.3 is 11.1 Å². The van der Waals surface area contributed by atoms with Gasteiger partial charge in [0, 0.05) is 18.2 Å². The zero-order valence-corrected chi connectivity index (χ0v) is 12.0. The number of rotatable bonds is 3. The van der Waals surface area contributed by atoms with E-state index < -0.39 is 0 Å². The van der Waals surface area contributed by atoms with E-state index in [1.54, 1.807) is 12.3 Å². The Kier molecular flexibility index (Phi) is 3.70. The van der Waals surface area contributed by atoms with E-state index in [0.717, 1.165) is 30.8 Å². The number of hydrogen-bond donors (Lipinski definition) is 2. The molecule has 0 radical (unpaired) electrons. The molecular formula is C15H19N5O. The topological polar surface area (TPSA) is 85.8 Å². The van der Waals surface area contributed by atoms with Crippen LogP contribution in [0.3, 0.4) is 0 Å². The third kappa shape index (κ3) is 3.11. The molecule has 1 saturated carbocycles. The molecule has 1 fully saturated rings. The van der Waals surface area contributed by atoms with Gasteiger partial charge in [-0.15, -0.1) is 0 Å². The van der Waals surface area contributed by atoms with Gasteiger partial charge in [-0.2, -0.15) is 9.78 Å². The first-order valence-corrected chi connectivity index (χ1v) is 7.17. The van der Waals surface area contributed by atoms with Crippen molar-refractivity contribution in [3.63, 3.8) is 0 Å². The molecule has 2 aromatic heterocycles. The molecule has 2 atom stereocenters. The minimum Gasteiger partial charge on any atom is -0.367 e. The fourth-order valence-corrected chi connectivity index (χ4v) is 2.64. The molecule has 6 heteroatoms. The summed E-state index contributed by atoms with van der Waals surface area (Å²) in [7, 11) is 0. The Bertz CT molecular complexity index is 679. The van der Waals surface area contributed by atoms with Crippen molar-refractivity contribution in [2.24, 2.45) is 5.73 Å². The van der Waals surface area contributed by atoms with Crippen LogP contribution in [0.15, 0.2) is 35.3 Å². The predicted octanol–water partition coefficient (Wildman–Crippen LogP) is 1.23. The number of aryl methyl sites for hydroxylation is 1. The Morgan fingerprint density at radius 3 is 2.81 bits per heavy atom. The molecule has 1 aliphatic rings. The highest BCUT2D eigenvalue weighted by Gasteiger charge is 2.21. The maximum atomic E-state index is 11.8. The fourth-order valence-electron chi connectivity index (χ4n) is 2.64. The Hall–Kier alpha value is -2.21. The highest BCUT2D eigenvalue weighted by molar-refractivity contribution is 5.41. The third-order valence-electron chi connectivity index (χ3n) is 3.75. The lowest BCUT2D eigenvalue weighted by Gasteiger charge is -2.13. The Morgan fingerprint density at radius 1 is 1.29 bits per heavy atom. The molecule has 0 amide bonds. The highest BCUT2D eigenvalue weighted by atomic mass is 16.1. The lowest BCUT2D eigenvalue weighted by atomic mass is 10.2. The normalized spacial score (nSPS) is 21.4. The summed E-state index contributed by atoms with van der Waals surface area (Å²) in [5.41, 5.74) is 7.19. The smallest absolute Gasteiger partial charge is 0.271 e. The number of nitrogens with one attached hydrogen (secondary N) is 1. The van der Waals surface area contributed by atoms with Crippen LogP contribution < -0.4 is 16.6 Å². The second-order valence-electron chi connectivity index (χ2n) is 5.54. The number of hydrogen-bond acceptors (Lipinski definition) is 5. The number of nitrogens with zero attached hydrogens (tertiary/aromatic N) is 3. The summed E-state index contributed by atoms with van der Waals surface area (Å²) in [5.74, 6) is 0.804. The summed E-state index contributed by atoms with van der Waals surface area (Å²) in [6, 6.07) is 7.60. The highest BCUT2D eigenvalue weighted by Crippen LogP contribution is 2.21. The van der Waals surface area contributed by atoms with Gasteiger partial charge in [0.1, 0.15) is 5.82 Å². The second kappa shape index (κ2) is 5.65. The van der Waals surface area contributed by atoms with E-state index in [9.17, 15) is 4.79 Å². The Labute approximate surface area is 123 Å². The molecule has 0 bridgehead atoms. The number of anilines is 1. The molecule has 3 rings (SSSR count). The first kappa shape index (κ1) is 13.8. The van der Waals surface area contributed by atoms with Crippen LogP contribution in [-0.2, 0) is 0 Å². The van der Waals surface area contributed by atoms with Crippen LogP contribution in [0.1, 0.15) is 25.0 Å². The van der Waals surface area contributed by atoms with Gasteiger partial charge in [0.05, 0.1) is 17.6 Å². The summed E-state index contributed by atoms with van der Waals surface area (Å²) in [6.07, 6.45) is 4.76. The molecule has 21 heavy (non-hydrogen) atoms. The van der Waals surface area contributed by atoms with E-state index in [2.05, 4.69) is 15.4 Å². The average molecular weight is 285 g/mol. The number of aromatic nitrogens is 3. The number of pyridine rings is 1. The fraction of sp³-hybridized carbons (Fsp3) is 0.400. The van der Waals surface area contributed by atoms with Crippen LogP contribution in [0.25, 0.3) is 5.69 Å². The van der Waals surface area contributed by atoms with Gasteiger partial charge in [-0.25, -0.2) is 4.98 Å². The van der Waals surface area contributed by atoms with E-state index in [-0.39, 0.29) is 11.6 Å². The van der Waals surface area contributed by atoms with Crippen molar-refractivity contribution >= 4 is 5.82 Å². The molecule has 6 nitrogen and oxygen atoms in total. The maximum Gasteiger partial charge on any atom is 0.271 e. The van der Waals surface area contributed by atoms with Gasteiger partial charge in [0.2, 0.25) is 0 Å². The number of nitrogens with two attached hydrogens (primary N) is 1. The molecule has 0 saturated heterocycles. The van der Waals surface area contributed by atoms with E-state index in [0.29, 0.717) is 11.7 Å². The lowest BCUT2D eigenvalue weighted by Crippen LogP contribution is -2.22. The molecule has 0 spiro atoms. The Morgan fingerprint density at radius 2 is 2.14 bits per heavy atom. The first-order valence-electron chi connectivity index (χ1n) is 7.17. The summed E-state index contributed by atoms with van der Waals surface area (Å²) in [4.78, 5) is 16.2. The Balaban J connectivity index is 1.77. The summed E-state index contributed by atoms with van der Waals surface area (Å²) < 4.78 is 1.36. The maximum absolute atomic E-state index is 11.8. The van der Waals surface area contributed by atoms with Crippen molar-refractivity contribution in [1.82, 2.24) is 14.8 Å².